The van der Waals surface area contributed by atoms with Crippen molar-refractivity contribution in [1.82, 2.24) is 0 Å². The van der Waals surface area contributed by atoms with Crippen LogP contribution in [0.15, 0.2) is 11.3 Å². The molecule has 2 aliphatic heterocycles. The fourth-order valence-electron chi connectivity index (χ4n) is 2.05. The van der Waals surface area contributed by atoms with Gasteiger partial charge in [0.25, 0.3) is 0 Å². The van der Waals surface area contributed by atoms with Crippen molar-refractivity contribution < 1.29 is 9.84 Å². The van der Waals surface area contributed by atoms with Gasteiger partial charge in [-0.1, -0.05) is 6.92 Å². The molecule has 1 fully saturated rings. The summed E-state index contributed by atoms with van der Waals surface area (Å²) in [5.74, 6) is 0.789. The summed E-state index contributed by atoms with van der Waals surface area (Å²) in [7, 11) is 0. The molecule has 2 bridgehead atoms. The third kappa shape index (κ3) is 0.890. The van der Waals surface area contributed by atoms with E-state index in [0.717, 1.165) is 18.4 Å². The Morgan fingerprint density at radius 2 is 2.18 bits per heavy atom. The first-order chi connectivity index (χ1) is 5.20. The largest absolute Gasteiger partial charge is 0.512 e. The highest BCUT2D eigenvalue weighted by Gasteiger charge is 2.38. The molecule has 1 saturated heterocycles. The lowest BCUT2D eigenvalue weighted by Gasteiger charge is -2.27. The van der Waals surface area contributed by atoms with Crippen LogP contribution >= 0.6 is 0 Å². The first-order valence-corrected chi connectivity index (χ1v) is 4.25. The van der Waals surface area contributed by atoms with E-state index < -0.39 is 0 Å². The predicted molar refractivity (Wildman–Crippen MR) is 42.4 cm³/mol. The second-order valence-electron chi connectivity index (χ2n) is 3.60. The van der Waals surface area contributed by atoms with Crippen LogP contribution in [0, 0.1) is 5.92 Å². The summed E-state index contributed by atoms with van der Waals surface area (Å²) in [4.78, 5) is 0. The highest BCUT2D eigenvalue weighted by atomic mass is 16.5. The lowest BCUT2D eigenvalue weighted by atomic mass is 9.98. The number of hydrogen-bond acceptors (Lipinski definition) is 2. The van der Waals surface area contributed by atoms with Gasteiger partial charge in [0.1, 0.15) is 0 Å². The molecule has 0 aromatic heterocycles. The molecule has 2 heterocycles. The van der Waals surface area contributed by atoms with Crippen molar-refractivity contribution >= 4 is 0 Å². The van der Waals surface area contributed by atoms with E-state index in [2.05, 4.69) is 0 Å². The normalized spacial score (nSPS) is 43.3. The quantitative estimate of drug-likeness (QED) is 0.578. The van der Waals surface area contributed by atoms with Gasteiger partial charge in [-0.2, -0.15) is 0 Å². The molecular weight excluding hydrogens is 140 g/mol. The summed E-state index contributed by atoms with van der Waals surface area (Å²) in [5.41, 5.74) is 1.05. The molecule has 3 atom stereocenters. The molecule has 2 rings (SSSR count). The molecule has 0 saturated carbocycles. The molecule has 1 N–H and O–H groups in total. The summed E-state index contributed by atoms with van der Waals surface area (Å²) in [6.07, 6.45) is 2.69. The summed E-state index contributed by atoms with van der Waals surface area (Å²) in [5, 5.41) is 9.63. The maximum absolute atomic E-state index is 9.63. The monoisotopic (exact) mass is 154 g/mol. The number of ether oxygens (including phenoxy) is 1. The van der Waals surface area contributed by atoms with Gasteiger partial charge in [-0.3, -0.25) is 0 Å². The topological polar surface area (TPSA) is 29.5 Å². The van der Waals surface area contributed by atoms with E-state index in [9.17, 15) is 5.11 Å². The van der Waals surface area contributed by atoms with E-state index in [-0.39, 0.29) is 18.1 Å². The number of rotatable bonds is 0. The standard InChI is InChI=1S/C9H14O2/c1-5-7-3-4-8(11-7)6(2)9(5)10/h5,7-8,10H,3-4H2,1-2H3. The molecule has 0 spiro atoms. The van der Waals surface area contributed by atoms with Crippen LogP contribution in [0.25, 0.3) is 0 Å². The minimum absolute atomic E-state index is 0.216. The van der Waals surface area contributed by atoms with Gasteiger partial charge in [-0.25, -0.2) is 0 Å². The minimum atomic E-state index is 0.216. The first kappa shape index (κ1) is 7.17. The van der Waals surface area contributed by atoms with E-state index in [0.29, 0.717) is 5.76 Å². The van der Waals surface area contributed by atoms with Crippen LogP contribution in [0.1, 0.15) is 26.7 Å². The molecule has 2 nitrogen and oxygen atoms in total. The summed E-state index contributed by atoms with van der Waals surface area (Å²) < 4.78 is 5.67. The van der Waals surface area contributed by atoms with Gasteiger partial charge in [0.2, 0.25) is 0 Å². The Morgan fingerprint density at radius 1 is 1.45 bits per heavy atom. The molecular formula is C9H14O2. The second kappa shape index (κ2) is 2.24. The highest BCUT2D eigenvalue weighted by Crippen LogP contribution is 2.38. The SMILES string of the molecule is CC1=C(O)C(C)C2CCC1O2. The van der Waals surface area contributed by atoms with Crippen molar-refractivity contribution in [2.24, 2.45) is 5.92 Å². The van der Waals surface area contributed by atoms with Gasteiger partial charge in [0.15, 0.2) is 0 Å². The zero-order valence-corrected chi connectivity index (χ0v) is 7.00. The van der Waals surface area contributed by atoms with Gasteiger partial charge in [-0.15, -0.1) is 0 Å². The Balaban J connectivity index is 2.34. The van der Waals surface area contributed by atoms with Crippen molar-refractivity contribution in [3.63, 3.8) is 0 Å². The van der Waals surface area contributed by atoms with Gasteiger partial charge >= 0.3 is 0 Å². The van der Waals surface area contributed by atoms with Crippen molar-refractivity contribution in [1.29, 1.82) is 0 Å². The van der Waals surface area contributed by atoms with Gasteiger partial charge in [0, 0.05) is 5.92 Å². The molecule has 0 aromatic carbocycles. The number of aliphatic hydroxyl groups excluding tert-OH is 1. The minimum Gasteiger partial charge on any atom is -0.512 e. The molecule has 0 aliphatic carbocycles. The summed E-state index contributed by atoms with van der Waals surface area (Å²) in [6.45, 7) is 4.00. The van der Waals surface area contributed by atoms with E-state index in [4.69, 9.17) is 4.74 Å². The van der Waals surface area contributed by atoms with Crippen LogP contribution in [0.4, 0.5) is 0 Å². The Kier molecular flexibility index (Phi) is 1.46. The van der Waals surface area contributed by atoms with Crippen molar-refractivity contribution in [2.45, 2.75) is 38.9 Å². The maximum Gasteiger partial charge on any atom is 0.0991 e. The third-order valence-corrected chi connectivity index (χ3v) is 2.93. The fraction of sp³-hybridized carbons (Fsp3) is 0.778. The average Bonchev–Trinajstić information content (AvgIpc) is 2.44. The van der Waals surface area contributed by atoms with Crippen LogP contribution in [-0.4, -0.2) is 17.3 Å². The lowest BCUT2D eigenvalue weighted by Crippen LogP contribution is -2.27. The van der Waals surface area contributed by atoms with E-state index >= 15 is 0 Å². The van der Waals surface area contributed by atoms with Gasteiger partial charge in [0.05, 0.1) is 18.0 Å². The van der Waals surface area contributed by atoms with Crippen LogP contribution in [0.2, 0.25) is 0 Å². The summed E-state index contributed by atoms with van der Waals surface area (Å²) in [6, 6.07) is 0. The first-order valence-electron chi connectivity index (χ1n) is 4.25. The van der Waals surface area contributed by atoms with Crippen molar-refractivity contribution in [3.05, 3.63) is 11.3 Å². The number of hydrogen-bond donors (Lipinski definition) is 1. The van der Waals surface area contributed by atoms with Crippen LogP contribution in [0.5, 0.6) is 0 Å². The molecule has 62 valence electrons. The van der Waals surface area contributed by atoms with E-state index in [1.807, 2.05) is 13.8 Å². The van der Waals surface area contributed by atoms with Gasteiger partial charge < -0.3 is 9.84 Å². The second-order valence-corrected chi connectivity index (χ2v) is 3.60. The molecule has 2 aliphatic rings. The Morgan fingerprint density at radius 3 is 2.91 bits per heavy atom. The molecule has 3 unspecified atom stereocenters. The molecule has 11 heavy (non-hydrogen) atoms. The zero-order chi connectivity index (χ0) is 8.01. The average molecular weight is 154 g/mol. The Labute approximate surface area is 66.9 Å². The van der Waals surface area contributed by atoms with Gasteiger partial charge in [-0.05, 0) is 25.3 Å². The smallest absolute Gasteiger partial charge is 0.0991 e. The molecule has 0 amide bonds. The highest BCUT2D eigenvalue weighted by molar-refractivity contribution is 5.19. The van der Waals surface area contributed by atoms with Crippen molar-refractivity contribution in [3.8, 4) is 0 Å². The molecule has 2 heteroatoms. The van der Waals surface area contributed by atoms with Crippen LogP contribution < -0.4 is 0 Å². The number of aliphatic hydroxyl groups is 1. The zero-order valence-electron chi connectivity index (χ0n) is 7.00. The Bertz CT molecular complexity index is 204. The number of fused-ring (bicyclic) bond motifs is 2. The Hall–Kier alpha value is -0.500. The van der Waals surface area contributed by atoms with Crippen LogP contribution in [-0.2, 0) is 4.74 Å². The van der Waals surface area contributed by atoms with Crippen molar-refractivity contribution in [2.75, 3.05) is 0 Å². The fourth-order valence-corrected chi connectivity index (χ4v) is 2.05. The maximum atomic E-state index is 9.63. The van der Waals surface area contributed by atoms with E-state index in [1.165, 1.54) is 0 Å². The predicted octanol–water partition coefficient (Wildman–Crippen LogP) is 2.02. The summed E-state index contributed by atoms with van der Waals surface area (Å²) >= 11 is 0. The molecule has 0 radical (unpaired) electrons. The lowest BCUT2D eigenvalue weighted by molar-refractivity contribution is 0.00862. The third-order valence-electron chi connectivity index (χ3n) is 2.93. The van der Waals surface area contributed by atoms with E-state index in [1.54, 1.807) is 0 Å². The molecule has 0 aromatic rings. The van der Waals surface area contributed by atoms with Crippen LogP contribution in [0.3, 0.4) is 0 Å².